The molecule has 2 saturated carbocycles. The summed E-state index contributed by atoms with van der Waals surface area (Å²) < 4.78 is 16.1. The minimum absolute atomic E-state index is 0.0213. The number of carbonyl (C=O) groups excluding carboxylic acids is 1. The van der Waals surface area contributed by atoms with E-state index in [2.05, 4.69) is 37.9 Å². The van der Waals surface area contributed by atoms with E-state index in [1.165, 1.54) is 6.07 Å². The van der Waals surface area contributed by atoms with Crippen molar-refractivity contribution in [3.05, 3.63) is 53.7 Å². The molecule has 0 bridgehead atoms. The molecule has 0 spiro atoms. The van der Waals surface area contributed by atoms with Crippen LogP contribution in [-0.2, 0) is 0 Å². The van der Waals surface area contributed by atoms with Crippen LogP contribution in [0.4, 0.5) is 10.1 Å². The molecule has 1 amide bonds. The van der Waals surface area contributed by atoms with Gasteiger partial charge in [-0.05, 0) is 62.4 Å². The average Bonchev–Trinajstić information content (AvgIpc) is 3.58. The molecule has 2 aliphatic carbocycles. The molecule has 3 aliphatic rings. The van der Waals surface area contributed by atoms with E-state index in [-0.39, 0.29) is 11.6 Å². The Morgan fingerprint density at radius 2 is 1.94 bits per heavy atom. The van der Waals surface area contributed by atoms with E-state index < -0.39 is 11.7 Å². The zero-order chi connectivity index (χ0) is 22.7. The molecule has 1 aromatic carbocycles. The highest BCUT2D eigenvalue weighted by Gasteiger charge is 2.54. The van der Waals surface area contributed by atoms with Gasteiger partial charge in [0.15, 0.2) is 0 Å². The highest BCUT2D eigenvalue weighted by Crippen LogP contribution is 2.46. The maximum Gasteiger partial charge on any atom is 0.254 e. The third kappa shape index (κ3) is 3.86. The number of nitrogens with one attached hydrogen (secondary N) is 2. The summed E-state index contributed by atoms with van der Waals surface area (Å²) in [5.74, 6) is 0.504. The number of hydrogen-bond donors (Lipinski definition) is 2. The first kappa shape index (κ1) is 20.3. The number of likely N-dealkylation sites (tertiary alicyclic amines) is 1. The predicted molar refractivity (Wildman–Crippen MR) is 122 cm³/mol. The number of aryl methyl sites for hydroxylation is 1. The first-order valence-corrected chi connectivity index (χ1v) is 11.4. The fourth-order valence-corrected chi connectivity index (χ4v) is 4.89. The summed E-state index contributed by atoms with van der Waals surface area (Å²) in [4.78, 5) is 19.2. The van der Waals surface area contributed by atoms with Crippen LogP contribution in [-0.4, -0.2) is 63.0 Å². The number of pyridine rings is 1. The first-order valence-electron chi connectivity index (χ1n) is 11.4. The monoisotopic (exact) mass is 447 g/mol. The SMILES string of the molecule is Cc1cc(F)c(C(=O)NC2CC2)cc1-n1cc(-c2cncc(NC3C4CN(C)C[C@H]43)c2)nn1. The van der Waals surface area contributed by atoms with E-state index in [0.29, 0.717) is 34.8 Å². The lowest BCUT2D eigenvalue weighted by atomic mass is 10.1. The number of fused-ring (bicyclic) bond motifs is 1. The van der Waals surface area contributed by atoms with Crippen LogP contribution >= 0.6 is 0 Å². The lowest BCUT2D eigenvalue weighted by Crippen LogP contribution is -2.26. The Balaban J connectivity index is 1.23. The Bertz CT molecular complexity index is 1230. The number of piperidine rings is 1. The van der Waals surface area contributed by atoms with Crippen LogP contribution in [0.2, 0.25) is 0 Å². The number of halogens is 1. The topological polar surface area (TPSA) is 88.0 Å². The largest absolute Gasteiger partial charge is 0.380 e. The summed E-state index contributed by atoms with van der Waals surface area (Å²) in [6, 6.07) is 5.61. The molecule has 3 fully saturated rings. The second-order valence-corrected chi connectivity index (χ2v) is 9.60. The molecule has 2 unspecified atom stereocenters. The maximum absolute atomic E-state index is 14.5. The summed E-state index contributed by atoms with van der Waals surface area (Å²) in [5, 5.41) is 15.0. The number of anilines is 1. The van der Waals surface area contributed by atoms with Gasteiger partial charge in [0, 0.05) is 43.1 Å². The van der Waals surface area contributed by atoms with Gasteiger partial charge in [0.25, 0.3) is 5.91 Å². The molecule has 3 atom stereocenters. The van der Waals surface area contributed by atoms with E-state index in [0.717, 1.165) is 37.2 Å². The summed E-state index contributed by atoms with van der Waals surface area (Å²) in [6.45, 7) is 4.07. The van der Waals surface area contributed by atoms with Crippen molar-refractivity contribution in [3.63, 3.8) is 0 Å². The highest BCUT2D eigenvalue weighted by molar-refractivity contribution is 5.95. The molecule has 6 rings (SSSR count). The number of aromatic nitrogens is 4. The Labute approximate surface area is 191 Å². The van der Waals surface area contributed by atoms with Gasteiger partial charge in [0.2, 0.25) is 0 Å². The van der Waals surface area contributed by atoms with Crippen LogP contribution in [0.15, 0.2) is 36.8 Å². The van der Waals surface area contributed by atoms with Gasteiger partial charge in [0.1, 0.15) is 11.5 Å². The molecule has 2 aromatic heterocycles. The van der Waals surface area contributed by atoms with Crippen LogP contribution < -0.4 is 10.6 Å². The third-order valence-corrected chi connectivity index (χ3v) is 6.93. The van der Waals surface area contributed by atoms with Gasteiger partial charge in [-0.2, -0.15) is 0 Å². The second-order valence-electron chi connectivity index (χ2n) is 9.60. The second kappa shape index (κ2) is 7.62. The molecule has 33 heavy (non-hydrogen) atoms. The quantitative estimate of drug-likeness (QED) is 0.604. The van der Waals surface area contributed by atoms with Crippen LogP contribution in [0.25, 0.3) is 16.9 Å². The van der Waals surface area contributed by atoms with Crippen molar-refractivity contribution in [3.8, 4) is 16.9 Å². The van der Waals surface area contributed by atoms with Gasteiger partial charge in [0.05, 0.1) is 23.1 Å². The van der Waals surface area contributed by atoms with Crippen molar-refractivity contribution in [1.29, 1.82) is 0 Å². The molecule has 3 aromatic rings. The number of rotatable bonds is 6. The van der Waals surface area contributed by atoms with Gasteiger partial charge >= 0.3 is 0 Å². The first-order chi connectivity index (χ1) is 16.0. The number of amides is 1. The Hall–Kier alpha value is -3.33. The van der Waals surface area contributed by atoms with Crippen molar-refractivity contribution >= 4 is 11.6 Å². The average molecular weight is 448 g/mol. The predicted octanol–water partition coefficient (Wildman–Crippen LogP) is 2.64. The lowest BCUT2D eigenvalue weighted by Gasteiger charge is -2.14. The fourth-order valence-electron chi connectivity index (χ4n) is 4.89. The van der Waals surface area contributed by atoms with E-state index in [9.17, 15) is 9.18 Å². The van der Waals surface area contributed by atoms with Crippen molar-refractivity contribution in [2.45, 2.75) is 31.8 Å². The number of carbonyl (C=O) groups is 1. The van der Waals surface area contributed by atoms with E-state index in [1.807, 2.05) is 12.3 Å². The highest BCUT2D eigenvalue weighted by atomic mass is 19.1. The Kier molecular flexibility index (Phi) is 4.69. The maximum atomic E-state index is 14.5. The number of nitrogens with zero attached hydrogens (tertiary/aromatic N) is 5. The van der Waals surface area contributed by atoms with Crippen LogP contribution in [0.1, 0.15) is 28.8 Å². The molecule has 1 saturated heterocycles. The molecule has 170 valence electrons. The normalized spacial score (nSPS) is 23.9. The van der Waals surface area contributed by atoms with E-state index >= 15 is 0 Å². The van der Waals surface area contributed by atoms with E-state index in [4.69, 9.17) is 0 Å². The Morgan fingerprint density at radius 3 is 2.70 bits per heavy atom. The molecule has 8 nitrogen and oxygen atoms in total. The van der Waals surface area contributed by atoms with Gasteiger partial charge in [-0.1, -0.05) is 5.21 Å². The molecule has 0 radical (unpaired) electrons. The zero-order valence-corrected chi connectivity index (χ0v) is 18.6. The number of benzene rings is 1. The smallest absolute Gasteiger partial charge is 0.254 e. The standard InChI is InChI=1S/C24H26FN7O/c1-13-5-20(25)17(24(33)28-15-3-4-15)7-22(13)32-12-21(29-30-32)14-6-16(9-26-8-14)27-23-18-10-31(2)11-19(18)23/h5-9,12,15,18-19,23,27H,3-4,10-11H2,1-2H3,(H,28,33)/t18-,19?,23?/m1/s1. The van der Waals surface area contributed by atoms with Crippen molar-refractivity contribution in [1.82, 2.24) is 30.2 Å². The molecule has 1 aliphatic heterocycles. The molecular formula is C24H26FN7O. The van der Waals surface area contributed by atoms with Crippen LogP contribution in [0.5, 0.6) is 0 Å². The zero-order valence-electron chi connectivity index (χ0n) is 18.6. The molecule has 2 N–H and O–H groups in total. The van der Waals surface area contributed by atoms with E-state index in [1.54, 1.807) is 30.1 Å². The van der Waals surface area contributed by atoms with Crippen LogP contribution in [0, 0.1) is 24.6 Å². The fraction of sp³-hybridized carbons (Fsp3) is 0.417. The summed E-state index contributed by atoms with van der Waals surface area (Å²) in [6.07, 6.45) is 7.26. The molecule has 3 heterocycles. The summed E-state index contributed by atoms with van der Waals surface area (Å²) in [5.41, 5.74) is 3.79. The van der Waals surface area contributed by atoms with Gasteiger partial charge < -0.3 is 15.5 Å². The van der Waals surface area contributed by atoms with Gasteiger partial charge in [-0.25, -0.2) is 9.07 Å². The van der Waals surface area contributed by atoms with Crippen molar-refractivity contribution in [2.24, 2.45) is 11.8 Å². The minimum Gasteiger partial charge on any atom is -0.380 e. The third-order valence-electron chi connectivity index (χ3n) is 6.93. The lowest BCUT2D eigenvalue weighted by molar-refractivity contribution is 0.0947. The van der Waals surface area contributed by atoms with Crippen molar-refractivity contribution in [2.75, 3.05) is 25.5 Å². The number of hydrogen-bond acceptors (Lipinski definition) is 6. The van der Waals surface area contributed by atoms with Gasteiger partial charge in [-0.15, -0.1) is 5.10 Å². The summed E-state index contributed by atoms with van der Waals surface area (Å²) >= 11 is 0. The molecule has 9 heteroatoms. The summed E-state index contributed by atoms with van der Waals surface area (Å²) in [7, 11) is 2.17. The Morgan fingerprint density at radius 1 is 1.15 bits per heavy atom. The van der Waals surface area contributed by atoms with Crippen LogP contribution in [0.3, 0.4) is 0 Å². The van der Waals surface area contributed by atoms with Gasteiger partial charge in [-0.3, -0.25) is 9.78 Å². The molecular weight excluding hydrogens is 421 g/mol. The minimum atomic E-state index is -0.534. The van der Waals surface area contributed by atoms with Crippen molar-refractivity contribution < 1.29 is 9.18 Å².